The van der Waals surface area contributed by atoms with Gasteiger partial charge in [-0.15, -0.1) is 5.10 Å². The van der Waals surface area contributed by atoms with Crippen LogP contribution in [0.5, 0.6) is 0 Å². The van der Waals surface area contributed by atoms with Gasteiger partial charge in [-0.3, -0.25) is 4.57 Å². The summed E-state index contributed by atoms with van der Waals surface area (Å²) in [5.74, 6) is 0.485. The van der Waals surface area contributed by atoms with E-state index in [9.17, 15) is 4.79 Å². The lowest BCUT2D eigenvalue weighted by atomic mass is 10.6. The highest BCUT2D eigenvalue weighted by molar-refractivity contribution is 7.99. The highest BCUT2D eigenvalue weighted by Crippen LogP contribution is 2.25. The van der Waals surface area contributed by atoms with Crippen molar-refractivity contribution in [3.05, 3.63) is 27.5 Å². The average molecular weight is 302 g/mol. The molecule has 0 aromatic carbocycles. The van der Waals surface area contributed by atoms with Crippen molar-refractivity contribution < 1.29 is 4.74 Å². The first kappa shape index (κ1) is 14.0. The van der Waals surface area contributed by atoms with Crippen molar-refractivity contribution in [1.82, 2.24) is 24.7 Å². The van der Waals surface area contributed by atoms with Gasteiger partial charge in [0.1, 0.15) is 16.8 Å². The van der Waals surface area contributed by atoms with Gasteiger partial charge >= 0.3 is 5.69 Å². The lowest BCUT2D eigenvalue weighted by Gasteiger charge is -2.04. The number of hydrogen-bond acceptors (Lipinski definition) is 6. The molecule has 0 amide bonds. The highest BCUT2D eigenvalue weighted by atomic mass is 35.5. The van der Waals surface area contributed by atoms with Crippen LogP contribution >= 0.6 is 23.4 Å². The van der Waals surface area contributed by atoms with Crippen LogP contribution in [-0.4, -0.2) is 31.8 Å². The molecule has 0 aliphatic heterocycles. The van der Waals surface area contributed by atoms with Gasteiger partial charge in [0.15, 0.2) is 11.0 Å². The van der Waals surface area contributed by atoms with E-state index in [1.807, 2.05) is 6.92 Å². The van der Waals surface area contributed by atoms with Crippen molar-refractivity contribution in [2.75, 3.05) is 7.11 Å². The smallest absolute Gasteiger partial charge is 0.343 e. The summed E-state index contributed by atoms with van der Waals surface area (Å²) in [4.78, 5) is 19.8. The van der Waals surface area contributed by atoms with Crippen LogP contribution < -0.4 is 5.69 Å². The Hall–Kier alpha value is -1.38. The van der Waals surface area contributed by atoms with Crippen molar-refractivity contribution >= 4 is 23.4 Å². The van der Waals surface area contributed by atoms with E-state index in [4.69, 9.17) is 16.3 Å². The number of nitrogens with zero attached hydrogens (tertiary/aromatic N) is 4. The largest absolute Gasteiger partial charge is 0.377 e. The number of H-pyrrole nitrogens is 1. The molecule has 9 heteroatoms. The van der Waals surface area contributed by atoms with Crippen molar-refractivity contribution in [2.45, 2.75) is 30.3 Å². The Kier molecular flexibility index (Phi) is 4.56. The minimum atomic E-state index is -0.248. The van der Waals surface area contributed by atoms with E-state index in [2.05, 4.69) is 20.2 Å². The van der Waals surface area contributed by atoms with Crippen molar-refractivity contribution in [3.63, 3.8) is 0 Å². The molecular weight excluding hydrogens is 290 g/mol. The van der Waals surface area contributed by atoms with Crippen LogP contribution in [0.25, 0.3) is 0 Å². The van der Waals surface area contributed by atoms with Crippen LogP contribution in [0.1, 0.15) is 12.7 Å². The Bertz CT molecular complexity index is 627. The summed E-state index contributed by atoms with van der Waals surface area (Å²) in [5.41, 5.74) is -0.248. The van der Waals surface area contributed by atoms with Gasteiger partial charge < -0.3 is 4.74 Å². The quantitative estimate of drug-likeness (QED) is 0.839. The third-order valence-corrected chi connectivity index (χ3v) is 3.33. The monoisotopic (exact) mass is 301 g/mol. The second-order valence-corrected chi connectivity index (χ2v) is 4.91. The number of aromatic amines is 1. The molecule has 0 aliphatic rings. The fraction of sp³-hybridized carbons (Fsp3) is 0.400. The molecule has 2 rings (SSSR count). The topological polar surface area (TPSA) is 85.7 Å². The number of hydrogen-bond donors (Lipinski definition) is 1. The Morgan fingerprint density at radius 3 is 3.00 bits per heavy atom. The zero-order valence-electron chi connectivity index (χ0n) is 10.4. The molecule has 0 radical (unpaired) electrons. The Balaban J connectivity index is 2.29. The Labute approximate surface area is 118 Å². The molecule has 0 saturated carbocycles. The van der Waals surface area contributed by atoms with Crippen LogP contribution in [0.4, 0.5) is 0 Å². The number of halogens is 1. The summed E-state index contributed by atoms with van der Waals surface area (Å²) in [6, 6.07) is 1.62. The second-order valence-electron chi connectivity index (χ2n) is 3.54. The van der Waals surface area contributed by atoms with Crippen LogP contribution in [0.15, 0.2) is 21.0 Å². The van der Waals surface area contributed by atoms with Crippen molar-refractivity contribution in [1.29, 1.82) is 0 Å². The molecular formula is C10H12ClN5O2S. The predicted molar refractivity (Wildman–Crippen MR) is 70.4 cm³/mol. The first-order chi connectivity index (χ1) is 9.13. The minimum Gasteiger partial charge on any atom is -0.377 e. The fourth-order valence-corrected chi connectivity index (χ4v) is 2.63. The maximum atomic E-state index is 11.5. The van der Waals surface area contributed by atoms with Gasteiger partial charge in [0.05, 0.1) is 0 Å². The van der Waals surface area contributed by atoms with E-state index >= 15 is 0 Å². The minimum absolute atomic E-state index is 0.248. The van der Waals surface area contributed by atoms with Gasteiger partial charge in [0, 0.05) is 19.7 Å². The molecule has 1 N–H and O–H groups in total. The summed E-state index contributed by atoms with van der Waals surface area (Å²) in [5, 5.41) is 7.81. The molecule has 7 nitrogen and oxygen atoms in total. The molecule has 2 aromatic rings. The Morgan fingerprint density at radius 1 is 1.53 bits per heavy atom. The normalized spacial score (nSPS) is 10.9. The van der Waals surface area contributed by atoms with Crippen LogP contribution in [0.2, 0.25) is 5.15 Å². The summed E-state index contributed by atoms with van der Waals surface area (Å²) in [7, 11) is 1.56. The fourth-order valence-electron chi connectivity index (χ4n) is 1.44. The van der Waals surface area contributed by atoms with E-state index in [0.29, 0.717) is 27.7 Å². The summed E-state index contributed by atoms with van der Waals surface area (Å²) in [6.45, 7) is 2.67. The van der Waals surface area contributed by atoms with Gasteiger partial charge in [-0.25, -0.2) is 19.9 Å². The number of nitrogens with one attached hydrogen (secondary N) is 1. The van der Waals surface area contributed by atoms with E-state index in [0.717, 1.165) is 0 Å². The molecule has 0 aliphatic carbocycles. The number of rotatable bonds is 5. The highest BCUT2D eigenvalue weighted by Gasteiger charge is 2.11. The first-order valence-corrected chi connectivity index (χ1v) is 6.69. The molecule has 0 fully saturated rings. The lowest BCUT2D eigenvalue weighted by molar-refractivity contribution is 0.177. The summed E-state index contributed by atoms with van der Waals surface area (Å²) < 4.78 is 6.48. The molecule has 102 valence electrons. The van der Waals surface area contributed by atoms with Crippen LogP contribution in [0.3, 0.4) is 0 Å². The van der Waals surface area contributed by atoms with Gasteiger partial charge in [-0.05, 0) is 18.7 Å². The van der Waals surface area contributed by atoms with Gasteiger partial charge in [-0.1, -0.05) is 11.6 Å². The maximum absolute atomic E-state index is 11.5. The number of ether oxygens (including phenoxy) is 1. The molecule has 0 bridgehead atoms. The number of aromatic nitrogens is 5. The number of methoxy groups -OCH3 is 1. The van der Waals surface area contributed by atoms with E-state index in [-0.39, 0.29) is 12.3 Å². The average Bonchev–Trinajstić information content (AvgIpc) is 2.69. The molecule has 2 heterocycles. The maximum Gasteiger partial charge on any atom is 0.343 e. The summed E-state index contributed by atoms with van der Waals surface area (Å²) in [6.07, 6.45) is 0. The van der Waals surface area contributed by atoms with Crippen LogP contribution in [-0.2, 0) is 17.9 Å². The van der Waals surface area contributed by atoms with E-state index < -0.39 is 0 Å². The van der Waals surface area contributed by atoms with E-state index in [1.54, 1.807) is 13.2 Å². The van der Waals surface area contributed by atoms with Crippen molar-refractivity contribution in [2.24, 2.45) is 0 Å². The molecule has 0 saturated heterocycles. The molecule has 0 atom stereocenters. The molecule has 19 heavy (non-hydrogen) atoms. The first-order valence-electron chi connectivity index (χ1n) is 5.49. The molecule has 0 spiro atoms. The predicted octanol–water partition coefficient (Wildman–Crippen LogP) is 1.33. The molecule has 0 unspecified atom stereocenters. The SMILES string of the molecule is CCn1c(Sc2cc(Cl)nc(COC)n2)n[nH]c1=O. The van der Waals surface area contributed by atoms with Gasteiger partial charge in [0.2, 0.25) is 0 Å². The van der Waals surface area contributed by atoms with Gasteiger partial charge in [-0.2, -0.15) is 0 Å². The zero-order chi connectivity index (χ0) is 13.8. The van der Waals surface area contributed by atoms with Crippen LogP contribution in [0, 0.1) is 0 Å². The third-order valence-electron chi connectivity index (χ3n) is 2.23. The molecule has 2 aromatic heterocycles. The second kappa shape index (κ2) is 6.18. The summed E-state index contributed by atoms with van der Waals surface area (Å²) >= 11 is 7.16. The van der Waals surface area contributed by atoms with Gasteiger partial charge in [0.25, 0.3) is 0 Å². The van der Waals surface area contributed by atoms with E-state index in [1.165, 1.54) is 16.3 Å². The standard InChI is InChI=1S/C10H12ClN5O2S/c1-3-16-9(17)14-15-10(16)19-8-4-6(11)12-7(13-8)5-18-2/h4H,3,5H2,1-2H3,(H,14,17). The lowest BCUT2D eigenvalue weighted by Crippen LogP contribution is -2.16. The zero-order valence-corrected chi connectivity index (χ0v) is 12.0. The third kappa shape index (κ3) is 3.34. The Morgan fingerprint density at radius 2 is 2.32 bits per heavy atom. The van der Waals surface area contributed by atoms with Crippen molar-refractivity contribution in [3.8, 4) is 0 Å².